The molecule has 2 aliphatic rings. The number of carbonyl (C=O) groups is 1. The van der Waals surface area contributed by atoms with Crippen molar-refractivity contribution in [1.82, 2.24) is 10.3 Å². The maximum absolute atomic E-state index is 12.9. The van der Waals surface area contributed by atoms with Crippen molar-refractivity contribution < 1.29 is 4.79 Å². The van der Waals surface area contributed by atoms with E-state index in [9.17, 15) is 4.79 Å². The molecule has 26 heavy (non-hydrogen) atoms. The van der Waals surface area contributed by atoms with Gasteiger partial charge in [0.2, 0.25) is 0 Å². The van der Waals surface area contributed by atoms with E-state index in [4.69, 9.17) is 5.10 Å². The second kappa shape index (κ2) is 7.03. The molecule has 0 saturated heterocycles. The van der Waals surface area contributed by atoms with Gasteiger partial charge in [-0.1, -0.05) is 68.1 Å². The van der Waals surface area contributed by atoms with Gasteiger partial charge < -0.3 is 10.6 Å². The Morgan fingerprint density at radius 3 is 2.62 bits per heavy atom. The number of hydrogen-bond acceptors (Lipinski definition) is 5. The molecule has 2 unspecified atom stereocenters. The van der Waals surface area contributed by atoms with Gasteiger partial charge >= 0.3 is 0 Å². The van der Waals surface area contributed by atoms with Crippen LogP contribution in [0.15, 0.2) is 53.6 Å². The van der Waals surface area contributed by atoms with Crippen LogP contribution < -0.4 is 10.6 Å². The Morgan fingerprint density at radius 2 is 1.88 bits per heavy atom. The molecule has 2 aromatic carbocycles. The third-order valence-corrected chi connectivity index (χ3v) is 5.49. The Bertz CT molecular complexity index is 849. The van der Waals surface area contributed by atoms with E-state index in [1.54, 1.807) is 11.8 Å². The minimum atomic E-state index is -0.426. The van der Waals surface area contributed by atoms with E-state index in [0.29, 0.717) is 5.17 Å². The van der Waals surface area contributed by atoms with Gasteiger partial charge in [0, 0.05) is 11.3 Å². The smallest absolute Gasteiger partial charge is 0.255 e. The number of hydrazone groups is 1. The lowest BCUT2D eigenvalue weighted by Gasteiger charge is -2.43. The summed E-state index contributed by atoms with van der Waals surface area (Å²) in [5.74, 6) is 0.831. The predicted molar refractivity (Wildman–Crippen MR) is 107 cm³/mol. The lowest BCUT2D eigenvalue weighted by Crippen LogP contribution is -2.50. The monoisotopic (exact) mass is 366 g/mol. The molecule has 2 N–H and O–H groups in total. The zero-order valence-corrected chi connectivity index (χ0v) is 15.7. The highest BCUT2D eigenvalue weighted by Crippen LogP contribution is 2.42. The van der Waals surface area contributed by atoms with E-state index in [2.05, 4.69) is 48.7 Å². The lowest BCUT2D eigenvalue weighted by atomic mass is 9.97. The standard InChI is InChI=1S/C20H22N4OS/c1-3-13-9-11-14(12-10-13)18-21-16-8-6-5-7-15(16)17-19(25)22-20(26-4-2)23-24(17)18/h5-12,17-18,21H,3-4H2,1-2H3,(H,22,23,25). The molecule has 134 valence electrons. The molecule has 1 amide bonds. The fourth-order valence-corrected chi connectivity index (χ4v) is 4.02. The summed E-state index contributed by atoms with van der Waals surface area (Å²) in [4.78, 5) is 12.9. The molecule has 0 aromatic heterocycles. The predicted octanol–water partition coefficient (Wildman–Crippen LogP) is 3.87. The topological polar surface area (TPSA) is 56.7 Å². The summed E-state index contributed by atoms with van der Waals surface area (Å²) in [6.07, 6.45) is 0.824. The Morgan fingerprint density at radius 1 is 1.12 bits per heavy atom. The van der Waals surface area contributed by atoms with Crippen molar-refractivity contribution in [1.29, 1.82) is 0 Å². The summed E-state index contributed by atoms with van der Waals surface area (Å²) < 4.78 is 0. The average Bonchev–Trinajstić information content (AvgIpc) is 2.67. The van der Waals surface area contributed by atoms with E-state index in [1.807, 2.05) is 29.3 Å². The van der Waals surface area contributed by atoms with Gasteiger partial charge in [-0.2, -0.15) is 0 Å². The van der Waals surface area contributed by atoms with Crippen molar-refractivity contribution in [3.8, 4) is 0 Å². The minimum Gasteiger partial charge on any atom is -0.360 e. The number of thioether (sulfide) groups is 1. The van der Waals surface area contributed by atoms with E-state index < -0.39 is 6.04 Å². The van der Waals surface area contributed by atoms with Crippen molar-refractivity contribution in [2.75, 3.05) is 11.1 Å². The van der Waals surface area contributed by atoms with Crippen LogP contribution in [0.2, 0.25) is 0 Å². The van der Waals surface area contributed by atoms with Crippen LogP contribution in [-0.2, 0) is 11.2 Å². The fourth-order valence-electron chi connectivity index (χ4n) is 3.43. The SMILES string of the molecule is CCSC1=NN2C(c3ccc(CC)cc3)Nc3ccccc3C2C(=O)N1. The second-order valence-electron chi connectivity index (χ2n) is 6.34. The van der Waals surface area contributed by atoms with E-state index >= 15 is 0 Å². The van der Waals surface area contributed by atoms with Crippen LogP contribution in [0, 0.1) is 0 Å². The highest BCUT2D eigenvalue weighted by Gasteiger charge is 2.41. The van der Waals surface area contributed by atoms with Gasteiger partial charge in [-0.15, -0.1) is 5.10 Å². The first-order chi connectivity index (χ1) is 12.7. The number of amides is 1. The molecule has 2 aliphatic heterocycles. The largest absolute Gasteiger partial charge is 0.360 e. The normalized spacial score (nSPS) is 21.2. The molecule has 0 radical (unpaired) electrons. The minimum absolute atomic E-state index is 0.0277. The summed E-state index contributed by atoms with van der Waals surface area (Å²) in [5.41, 5.74) is 4.33. The van der Waals surface area contributed by atoms with Gasteiger partial charge in [0.05, 0.1) is 0 Å². The summed E-state index contributed by atoms with van der Waals surface area (Å²) in [6.45, 7) is 4.20. The molecule has 5 nitrogen and oxygen atoms in total. The molecule has 2 aromatic rings. The molecule has 2 heterocycles. The number of nitrogens with one attached hydrogen (secondary N) is 2. The van der Waals surface area contributed by atoms with Crippen molar-refractivity contribution >= 4 is 28.5 Å². The van der Waals surface area contributed by atoms with E-state index in [0.717, 1.165) is 29.0 Å². The highest BCUT2D eigenvalue weighted by molar-refractivity contribution is 8.13. The molecule has 0 spiro atoms. The Balaban J connectivity index is 1.80. The number of amidine groups is 1. The van der Waals surface area contributed by atoms with Gasteiger partial charge in [0.1, 0.15) is 6.17 Å². The Labute approximate surface area is 157 Å². The fraction of sp³-hybridized carbons (Fsp3) is 0.300. The summed E-state index contributed by atoms with van der Waals surface area (Å²) in [6, 6.07) is 16.1. The van der Waals surface area contributed by atoms with Crippen molar-refractivity contribution in [2.45, 2.75) is 32.5 Å². The van der Waals surface area contributed by atoms with Crippen LogP contribution in [0.4, 0.5) is 5.69 Å². The number of aryl methyl sites for hydroxylation is 1. The molecular formula is C20H22N4OS. The second-order valence-corrected chi connectivity index (χ2v) is 7.59. The molecule has 0 fully saturated rings. The number of rotatable bonds is 3. The van der Waals surface area contributed by atoms with Gasteiger partial charge in [-0.25, -0.2) is 0 Å². The first kappa shape index (κ1) is 17.0. The van der Waals surface area contributed by atoms with E-state index in [-0.39, 0.29) is 12.1 Å². The maximum atomic E-state index is 12.9. The number of para-hydroxylation sites is 1. The average molecular weight is 366 g/mol. The molecule has 6 heteroatoms. The third-order valence-electron chi connectivity index (χ3n) is 4.75. The van der Waals surface area contributed by atoms with Crippen LogP contribution in [0.1, 0.15) is 42.7 Å². The lowest BCUT2D eigenvalue weighted by molar-refractivity contribution is -0.127. The van der Waals surface area contributed by atoms with Crippen LogP contribution >= 0.6 is 11.8 Å². The first-order valence-electron chi connectivity index (χ1n) is 8.96. The number of hydrogen-bond donors (Lipinski definition) is 2. The quantitative estimate of drug-likeness (QED) is 0.866. The molecule has 0 aliphatic carbocycles. The zero-order valence-electron chi connectivity index (χ0n) is 14.9. The van der Waals surface area contributed by atoms with Gasteiger partial charge in [-0.05, 0) is 29.4 Å². The molecular weight excluding hydrogens is 344 g/mol. The number of anilines is 1. The Kier molecular flexibility index (Phi) is 4.59. The van der Waals surface area contributed by atoms with Gasteiger partial charge in [0.25, 0.3) is 5.91 Å². The molecule has 4 rings (SSSR count). The summed E-state index contributed by atoms with van der Waals surface area (Å²) in [7, 11) is 0. The van der Waals surface area contributed by atoms with E-state index in [1.165, 1.54) is 5.56 Å². The van der Waals surface area contributed by atoms with Crippen molar-refractivity contribution in [2.24, 2.45) is 5.10 Å². The number of benzene rings is 2. The van der Waals surface area contributed by atoms with Crippen LogP contribution in [0.3, 0.4) is 0 Å². The van der Waals surface area contributed by atoms with Crippen LogP contribution in [0.25, 0.3) is 0 Å². The van der Waals surface area contributed by atoms with Crippen molar-refractivity contribution in [3.05, 3.63) is 65.2 Å². The number of nitrogens with zero attached hydrogens (tertiary/aromatic N) is 2. The highest BCUT2D eigenvalue weighted by atomic mass is 32.2. The summed E-state index contributed by atoms with van der Waals surface area (Å²) in [5, 5.41) is 13.8. The van der Waals surface area contributed by atoms with Gasteiger partial charge in [-0.3, -0.25) is 9.80 Å². The summed E-state index contributed by atoms with van der Waals surface area (Å²) >= 11 is 1.54. The van der Waals surface area contributed by atoms with Gasteiger partial charge in [0.15, 0.2) is 11.2 Å². The molecule has 0 bridgehead atoms. The molecule has 2 atom stereocenters. The number of fused-ring (bicyclic) bond motifs is 3. The zero-order chi connectivity index (χ0) is 18.1. The van der Waals surface area contributed by atoms with Crippen molar-refractivity contribution in [3.63, 3.8) is 0 Å². The Hall–Kier alpha value is -2.47. The maximum Gasteiger partial charge on any atom is 0.255 e. The molecule has 0 saturated carbocycles. The third kappa shape index (κ3) is 2.94. The van der Waals surface area contributed by atoms with Crippen LogP contribution in [-0.4, -0.2) is 21.8 Å². The van der Waals surface area contributed by atoms with Crippen LogP contribution in [0.5, 0.6) is 0 Å². The number of carbonyl (C=O) groups excluding carboxylic acids is 1. The first-order valence-corrected chi connectivity index (χ1v) is 9.94.